The second kappa shape index (κ2) is 5.48. The SMILES string of the molecule is COc1cc(C)c(NC2CC(OC)C2)cc1OC. The Hall–Kier alpha value is -1.42. The number of rotatable bonds is 5. The van der Waals surface area contributed by atoms with Gasteiger partial charge in [-0.3, -0.25) is 0 Å². The molecule has 4 nitrogen and oxygen atoms in total. The van der Waals surface area contributed by atoms with Crippen molar-refractivity contribution in [3.63, 3.8) is 0 Å². The van der Waals surface area contributed by atoms with Crippen LogP contribution in [0.3, 0.4) is 0 Å². The first-order valence-electron chi connectivity index (χ1n) is 6.20. The summed E-state index contributed by atoms with van der Waals surface area (Å²) in [6.07, 6.45) is 2.53. The number of hydrogen-bond donors (Lipinski definition) is 1. The summed E-state index contributed by atoms with van der Waals surface area (Å²) in [6, 6.07) is 4.48. The molecule has 100 valence electrons. The minimum atomic E-state index is 0.406. The fourth-order valence-corrected chi connectivity index (χ4v) is 2.23. The molecule has 0 amide bonds. The van der Waals surface area contributed by atoms with Crippen molar-refractivity contribution in [1.82, 2.24) is 0 Å². The van der Waals surface area contributed by atoms with Gasteiger partial charge in [0.1, 0.15) is 0 Å². The molecule has 0 unspecified atom stereocenters. The van der Waals surface area contributed by atoms with Crippen molar-refractivity contribution in [2.45, 2.75) is 31.9 Å². The van der Waals surface area contributed by atoms with Crippen molar-refractivity contribution < 1.29 is 14.2 Å². The highest BCUT2D eigenvalue weighted by Crippen LogP contribution is 2.35. The van der Waals surface area contributed by atoms with Crippen LogP contribution >= 0.6 is 0 Å². The van der Waals surface area contributed by atoms with Gasteiger partial charge in [0.05, 0.1) is 20.3 Å². The molecule has 1 N–H and O–H groups in total. The van der Waals surface area contributed by atoms with Gasteiger partial charge < -0.3 is 19.5 Å². The molecule has 0 spiro atoms. The van der Waals surface area contributed by atoms with E-state index in [0.717, 1.165) is 35.6 Å². The fraction of sp³-hybridized carbons (Fsp3) is 0.571. The van der Waals surface area contributed by atoms with E-state index in [0.29, 0.717) is 12.1 Å². The Morgan fingerprint density at radius 3 is 2.22 bits per heavy atom. The molecule has 1 aromatic carbocycles. The number of aryl methyl sites for hydroxylation is 1. The maximum atomic E-state index is 5.32. The third-order valence-corrected chi connectivity index (χ3v) is 3.52. The average molecular weight is 251 g/mol. The molecule has 0 bridgehead atoms. The lowest BCUT2D eigenvalue weighted by Crippen LogP contribution is -2.40. The normalized spacial score (nSPS) is 22.2. The summed E-state index contributed by atoms with van der Waals surface area (Å²) >= 11 is 0. The lowest BCUT2D eigenvalue weighted by Gasteiger charge is -2.35. The fourth-order valence-electron chi connectivity index (χ4n) is 2.23. The van der Waals surface area contributed by atoms with E-state index in [9.17, 15) is 0 Å². The van der Waals surface area contributed by atoms with Crippen LogP contribution < -0.4 is 14.8 Å². The second-order valence-electron chi connectivity index (χ2n) is 4.69. The van der Waals surface area contributed by atoms with E-state index < -0.39 is 0 Å². The van der Waals surface area contributed by atoms with Gasteiger partial charge in [0.25, 0.3) is 0 Å². The Bertz CT molecular complexity index is 414. The quantitative estimate of drug-likeness (QED) is 0.873. The third kappa shape index (κ3) is 2.53. The molecule has 1 fully saturated rings. The van der Waals surface area contributed by atoms with Crippen LogP contribution in [0, 0.1) is 6.92 Å². The molecule has 0 saturated heterocycles. The third-order valence-electron chi connectivity index (χ3n) is 3.52. The predicted molar refractivity (Wildman–Crippen MR) is 71.7 cm³/mol. The van der Waals surface area contributed by atoms with Crippen LogP contribution in [0.15, 0.2) is 12.1 Å². The highest BCUT2D eigenvalue weighted by Gasteiger charge is 2.29. The summed E-state index contributed by atoms with van der Waals surface area (Å²) in [5, 5.41) is 3.52. The Labute approximate surface area is 108 Å². The van der Waals surface area contributed by atoms with E-state index >= 15 is 0 Å². The van der Waals surface area contributed by atoms with Crippen LogP contribution in [0.2, 0.25) is 0 Å². The molecule has 2 rings (SSSR count). The predicted octanol–water partition coefficient (Wildman–Crippen LogP) is 2.60. The van der Waals surface area contributed by atoms with Gasteiger partial charge in [-0.25, -0.2) is 0 Å². The van der Waals surface area contributed by atoms with Crippen LogP contribution in [0.1, 0.15) is 18.4 Å². The molecule has 1 aliphatic carbocycles. The Kier molecular flexibility index (Phi) is 3.97. The van der Waals surface area contributed by atoms with Gasteiger partial charge >= 0.3 is 0 Å². The highest BCUT2D eigenvalue weighted by molar-refractivity contribution is 5.60. The molecule has 0 aliphatic heterocycles. The summed E-state index contributed by atoms with van der Waals surface area (Å²) in [4.78, 5) is 0. The molecule has 1 aromatic rings. The zero-order valence-electron chi connectivity index (χ0n) is 11.4. The molecule has 1 saturated carbocycles. The average Bonchev–Trinajstić information content (AvgIpc) is 2.34. The largest absolute Gasteiger partial charge is 0.493 e. The van der Waals surface area contributed by atoms with Gasteiger partial charge in [0.15, 0.2) is 11.5 Å². The molecular formula is C14H21NO3. The summed E-state index contributed by atoms with van der Waals surface area (Å²) in [5.41, 5.74) is 2.26. The van der Waals surface area contributed by atoms with E-state index in [1.807, 2.05) is 12.1 Å². The van der Waals surface area contributed by atoms with Crippen molar-refractivity contribution in [2.75, 3.05) is 26.6 Å². The van der Waals surface area contributed by atoms with Crippen molar-refractivity contribution in [3.05, 3.63) is 17.7 Å². The van der Waals surface area contributed by atoms with Crippen molar-refractivity contribution in [1.29, 1.82) is 0 Å². The minimum absolute atomic E-state index is 0.406. The summed E-state index contributed by atoms with van der Waals surface area (Å²) in [7, 11) is 5.07. The van der Waals surface area contributed by atoms with Crippen LogP contribution in [-0.2, 0) is 4.74 Å². The van der Waals surface area contributed by atoms with E-state index in [2.05, 4.69) is 12.2 Å². The summed E-state index contributed by atoms with van der Waals surface area (Å²) < 4.78 is 15.9. The van der Waals surface area contributed by atoms with Crippen molar-refractivity contribution in [2.24, 2.45) is 0 Å². The number of hydrogen-bond acceptors (Lipinski definition) is 4. The number of nitrogens with one attached hydrogen (secondary N) is 1. The standard InChI is InChI=1S/C14H21NO3/c1-9-5-13(17-3)14(18-4)8-12(9)15-10-6-11(7-10)16-2/h5,8,10-11,15H,6-7H2,1-4H3. The molecular weight excluding hydrogens is 230 g/mol. The summed E-state index contributed by atoms with van der Waals surface area (Å²) in [5.74, 6) is 1.53. The van der Waals surface area contributed by atoms with Crippen LogP contribution in [0.5, 0.6) is 11.5 Å². The molecule has 4 heteroatoms. The lowest BCUT2D eigenvalue weighted by atomic mass is 9.89. The van der Waals surface area contributed by atoms with Gasteiger partial charge in [-0.15, -0.1) is 0 Å². The topological polar surface area (TPSA) is 39.7 Å². The Morgan fingerprint density at radius 2 is 1.67 bits per heavy atom. The summed E-state index contributed by atoms with van der Waals surface area (Å²) in [6.45, 7) is 2.07. The molecule has 0 aromatic heterocycles. The van der Waals surface area contributed by atoms with Crippen molar-refractivity contribution in [3.8, 4) is 11.5 Å². The number of anilines is 1. The first-order chi connectivity index (χ1) is 8.67. The van der Waals surface area contributed by atoms with E-state index in [1.54, 1.807) is 21.3 Å². The van der Waals surface area contributed by atoms with Gasteiger partial charge in [0.2, 0.25) is 0 Å². The molecule has 1 aliphatic rings. The molecule has 0 atom stereocenters. The van der Waals surface area contributed by atoms with E-state index in [-0.39, 0.29) is 0 Å². The zero-order chi connectivity index (χ0) is 13.1. The number of methoxy groups -OCH3 is 3. The Morgan fingerprint density at radius 1 is 1.06 bits per heavy atom. The number of ether oxygens (including phenoxy) is 3. The highest BCUT2D eigenvalue weighted by atomic mass is 16.5. The van der Waals surface area contributed by atoms with Crippen LogP contribution in [0.25, 0.3) is 0 Å². The molecule has 0 radical (unpaired) electrons. The smallest absolute Gasteiger partial charge is 0.162 e. The molecule has 18 heavy (non-hydrogen) atoms. The van der Waals surface area contributed by atoms with E-state index in [4.69, 9.17) is 14.2 Å². The monoisotopic (exact) mass is 251 g/mol. The minimum Gasteiger partial charge on any atom is -0.493 e. The Balaban J connectivity index is 2.08. The second-order valence-corrected chi connectivity index (χ2v) is 4.69. The van der Waals surface area contributed by atoms with Gasteiger partial charge in [0, 0.05) is 24.9 Å². The maximum absolute atomic E-state index is 5.32. The van der Waals surface area contributed by atoms with Gasteiger partial charge in [-0.2, -0.15) is 0 Å². The van der Waals surface area contributed by atoms with Gasteiger partial charge in [-0.1, -0.05) is 0 Å². The number of benzene rings is 1. The van der Waals surface area contributed by atoms with Crippen LogP contribution in [0.4, 0.5) is 5.69 Å². The molecule has 0 heterocycles. The maximum Gasteiger partial charge on any atom is 0.162 e. The van der Waals surface area contributed by atoms with Gasteiger partial charge in [-0.05, 0) is 31.4 Å². The first-order valence-corrected chi connectivity index (χ1v) is 6.20. The van der Waals surface area contributed by atoms with E-state index in [1.165, 1.54) is 0 Å². The first kappa shape index (κ1) is 13.0. The zero-order valence-corrected chi connectivity index (χ0v) is 11.4. The van der Waals surface area contributed by atoms with Crippen molar-refractivity contribution >= 4 is 5.69 Å². The van der Waals surface area contributed by atoms with Crippen LogP contribution in [-0.4, -0.2) is 33.5 Å². The lowest BCUT2D eigenvalue weighted by molar-refractivity contribution is 0.0328.